The number of alkyl halides is 6. The summed E-state index contributed by atoms with van der Waals surface area (Å²) in [6, 6.07) is -7.31. The van der Waals surface area contributed by atoms with Crippen molar-refractivity contribution in [2.24, 2.45) is 11.8 Å². The summed E-state index contributed by atoms with van der Waals surface area (Å²) < 4.78 is 119. The van der Waals surface area contributed by atoms with Crippen molar-refractivity contribution in [2.45, 2.75) is 196 Å². The van der Waals surface area contributed by atoms with Crippen LogP contribution in [0.5, 0.6) is 0 Å². The molecule has 580 valence electrons. The van der Waals surface area contributed by atoms with Gasteiger partial charge in [-0.1, -0.05) is 64.3 Å². The number of nitrogens with one attached hydrogen (secondary N) is 3. The smallest absolute Gasteiger partial charge is 0.380 e. The third kappa shape index (κ3) is 19.5. The molecule has 3 N–H and O–H groups in total. The second-order valence-corrected chi connectivity index (χ2v) is 28.6. The van der Waals surface area contributed by atoms with Gasteiger partial charge in [-0.05, 0) is 111 Å². The Kier molecular flexibility index (Phi) is 27.9. The molecule has 2 bridgehead atoms. The molecule has 5 aliphatic rings. The Morgan fingerprint density at radius 3 is 1.85 bits per heavy atom. The van der Waals surface area contributed by atoms with Crippen molar-refractivity contribution in [2.75, 3.05) is 89.7 Å². The average Bonchev–Trinajstić information content (AvgIpc) is 1.67. The van der Waals surface area contributed by atoms with Crippen molar-refractivity contribution in [1.29, 1.82) is 0 Å². The number of methoxy groups -OCH3 is 1. The van der Waals surface area contributed by atoms with Crippen LogP contribution >= 0.6 is 0 Å². The maximum absolute atomic E-state index is 15.4. The number of carbonyl (C=O) groups excluding carboxylic acids is 12. The Labute approximate surface area is 606 Å². The summed E-state index contributed by atoms with van der Waals surface area (Å²) >= 11 is 0. The topological polar surface area (TPSA) is 279 Å². The van der Waals surface area contributed by atoms with Crippen LogP contribution < -0.4 is 16.0 Å². The van der Waals surface area contributed by atoms with Crippen LogP contribution in [0, 0.1) is 23.5 Å². The van der Waals surface area contributed by atoms with Crippen molar-refractivity contribution >= 4 is 70.9 Å². The molecule has 2 saturated heterocycles. The van der Waals surface area contributed by atoms with Gasteiger partial charge in [0.1, 0.15) is 71.1 Å². The zero-order chi connectivity index (χ0) is 78.1. The molecule has 2 aromatic rings. The van der Waals surface area contributed by atoms with E-state index < -0.39 is 222 Å². The monoisotopic (exact) mass is 1490 g/mol. The normalized spacial score (nSPS) is 26.4. The van der Waals surface area contributed by atoms with Crippen molar-refractivity contribution in [3.8, 4) is 0 Å². The summed E-state index contributed by atoms with van der Waals surface area (Å²) in [5.74, 6) is -15.2. The van der Waals surface area contributed by atoms with E-state index in [1.54, 1.807) is 32.9 Å². The number of fused-ring (bicyclic) bond motifs is 3. The van der Waals surface area contributed by atoms with Crippen molar-refractivity contribution in [1.82, 2.24) is 60.0 Å². The highest BCUT2D eigenvalue weighted by atomic mass is 19.4. The van der Waals surface area contributed by atoms with Crippen LogP contribution in [-0.2, 0) is 87.5 Å². The van der Waals surface area contributed by atoms with Crippen LogP contribution in [0.1, 0.15) is 133 Å². The van der Waals surface area contributed by atoms with Crippen molar-refractivity contribution in [3.05, 3.63) is 82.4 Å². The minimum atomic E-state index is -5.46. The Hall–Kier alpha value is -8.78. The fraction of sp³-hybridized carbons (Fsp3) is 0.639. The van der Waals surface area contributed by atoms with Gasteiger partial charge in [-0.15, -0.1) is 0 Å². The third-order valence-corrected chi connectivity index (χ3v) is 21.3. The number of ether oxygens (including phenoxy) is 1. The van der Waals surface area contributed by atoms with Crippen LogP contribution in [0.3, 0.4) is 0 Å². The van der Waals surface area contributed by atoms with Crippen molar-refractivity contribution < 1.29 is 97.4 Å². The number of nitrogens with zero attached hydrogens (tertiary/aromatic N) is 9. The lowest BCUT2D eigenvalue weighted by molar-refractivity contribution is -0.157. The second-order valence-electron chi connectivity index (χ2n) is 28.6. The number of amides is 12. The number of hydrogen-bond donors (Lipinski definition) is 3. The molecule has 0 aromatic heterocycles. The minimum Gasteiger partial charge on any atom is -0.380 e. The summed E-state index contributed by atoms with van der Waals surface area (Å²) in [6.07, 6.45) is -7.53. The first kappa shape index (κ1) is 83.5. The second kappa shape index (κ2) is 35.1. The van der Waals surface area contributed by atoms with Crippen LogP contribution in [0.4, 0.5) is 35.1 Å². The summed E-state index contributed by atoms with van der Waals surface area (Å²) in [4.78, 5) is 189. The number of hydrogen-bond acceptors (Lipinski definition) is 13. The highest BCUT2D eigenvalue weighted by Crippen LogP contribution is 2.40. The molecule has 33 heteroatoms. The van der Waals surface area contributed by atoms with Gasteiger partial charge in [0.05, 0.1) is 31.2 Å². The van der Waals surface area contributed by atoms with E-state index >= 15 is 37.5 Å². The fourth-order valence-corrected chi connectivity index (χ4v) is 14.6. The standard InChI is InChI=1S/C72H98F8N12O13/c1-13-41(3)59-67(102)86(7)40-57(95)88(9)51-23-16-15-19-32-91(66(51)101)54(35-42-24-27-45(28-25-42)71(75,76)77)65(100)85(6)39-55(93)81-49(29-26-43-33-47(73)58(48(74)34-43)72(78,79)80)63(98)92-38-46(105-12)36-52(92)62(97)83-70(30-20-31-70)69(104)90(11)60(44-21-17-18-22-44)68(103)89(10)53(64(99)84(4)5)37-56(94)87(8)50(14-2)61(96)82-59/h15-16,24-25,27-28,33-34,41,44,46,49-54,59-60H,13-14,17-23,26,29-32,35-40H2,1-12H3,(H,81,93)(H,82,96)(H,83,97)/b16-15-/t41-,46+,49-,50-,51-,52-,53-,54-,59-,60-/m0/s1. The zero-order valence-electron chi connectivity index (χ0n) is 61.5. The van der Waals surface area contributed by atoms with E-state index in [4.69, 9.17) is 4.74 Å². The molecule has 4 fully saturated rings. The van der Waals surface area contributed by atoms with Gasteiger partial charge in [-0.25, -0.2) is 8.78 Å². The van der Waals surface area contributed by atoms with E-state index in [0.717, 1.165) is 65.6 Å². The number of likely N-dealkylation sites (N-methyl/N-ethyl adjacent to an activating group) is 7. The van der Waals surface area contributed by atoms with Gasteiger partial charge in [-0.3, -0.25) is 57.5 Å². The molecule has 1 spiro atoms. The first-order valence-corrected chi connectivity index (χ1v) is 35.4. The summed E-state index contributed by atoms with van der Waals surface area (Å²) in [5, 5.41) is 8.16. The molecule has 3 aliphatic heterocycles. The van der Waals surface area contributed by atoms with E-state index in [0.29, 0.717) is 50.7 Å². The molecule has 0 radical (unpaired) electrons. The van der Waals surface area contributed by atoms with E-state index in [1.165, 1.54) is 66.2 Å². The molecule has 12 amide bonds. The third-order valence-electron chi connectivity index (χ3n) is 21.3. The highest BCUT2D eigenvalue weighted by molar-refractivity contribution is 6.01. The van der Waals surface area contributed by atoms with E-state index in [-0.39, 0.29) is 57.2 Å². The first-order chi connectivity index (χ1) is 49.2. The maximum Gasteiger partial charge on any atom is 0.422 e. The molecule has 0 unspecified atom stereocenters. The van der Waals surface area contributed by atoms with Gasteiger partial charge in [0, 0.05) is 89.4 Å². The van der Waals surface area contributed by atoms with Gasteiger partial charge in [0.15, 0.2) is 0 Å². The lowest BCUT2D eigenvalue weighted by Crippen LogP contribution is -2.68. The molecule has 105 heavy (non-hydrogen) atoms. The Morgan fingerprint density at radius 1 is 0.676 bits per heavy atom. The lowest BCUT2D eigenvalue weighted by atomic mass is 9.74. The van der Waals surface area contributed by atoms with Gasteiger partial charge in [0.25, 0.3) is 0 Å². The van der Waals surface area contributed by atoms with Gasteiger partial charge in [0.2, 0.25) is 70.9 Å². The quantitative estimate of drug-likeness (QED) is 0.203. The number of carbonyl (C=O) groups is 12. The Balaban J connectivity index is 1.33. The summed E-state index contributed by atoms with van der Waals surface area (Å²) in [6.45, 7) is 2.80. The fourth-order valence-electron chi connectivity index (χ4n) is 14.6. The molecular formula is C72H98F8N12O13. The number of aryl methyl sites for hydroxylation is 1. The van der Waals surface area contributed by atoms with Crippen molar-refractivity contribution in [3.63, 3.8) is 0 Å². The van der Waals surface area contributed by atoms with Gasteiger partial charge in [-0.2, -0.15) is 26.3 Å². The van der Waals surface area contributed by atoms with Crippen LogP contribution in [0.15, 0.2) is 48.6 Å². The predicted octanol–water partition coefficient (Wildman–Crippen LogP) is 4.71. The van der Waals surface area contributed by atoms with E-state index in [2.05, 4.69) is 16.0 Å². The molecule has 7 rings (SSSR count). The number of rotatable bonds is 11. The van der Waals surface area contributed by atoms with Gasteiger partial charge < -0.3 is 64.8 Å². The molecule has 2 aliphatic carbocycles. The zero-order valence-corrected chi connectivity index (χ0v) is 61.5. The molecule has 2 saturated carbocycles. The van der Waals surface area contributed by atoms with Crippen LogP contribution in [-0.4, -0.2) is 265 Å². The molecule has 10 atom stereocenters. The minimum absolute atomic E-state index is 0.0162. The summed E-state index contributed by atoms with van der Waals surface area (Å²) in [7, 11) is 11.9. The van der Waals surface area contributed by atoms with Crippen LogP contribution in [0.25, 0.3) is 0 Å². The molecule has 25 nitrogen and oxygen atoms in total. The largest absolute Gasteiger partial charge is 0.422 e. The number of halogens is 8. The lowest BCUT2D eigenvalue weighted by Gasteiger charge is -2.46. The first-order valence-electron chi connectivity index (χ1n) is 35.4. The molecule has 3 heterocycles. The number of benzene rings is 2. The van der Waals surface area contributed by atoms with Crippen LogP contribution in [0.2, 0.25) is 0 Å². The average molecular weight is 1490 g/mol. The maximum atomic E-state index is 15.4. The SMILES string of the molecule is CC[C@H](C)[C@@H]1NC(=O)[C@H](CC)N(C)C(=O)C[C@@H](C(=O)N(C)C)N(C)C(=O)[C@H](C2CCCC2)N(C)C(=O)C2(CCC2)NC(=O)[C@@H]2C[C@@H](OC)CN2C(=O)[C@H](CCc2cc(F)c(C(F)(F)F)c(F)c2)NC(=O)CN(C)C(=O)[C@H](Cc2ccc(C(F)(F)F)cc2)N2CC/C=C\C[C@@H](C2=O)N(C)C(=O)CN(C)C1=O. The molecule has 2 aromatic carbocycles. The van der Waals surface area contributed by atoms with E-state index in [1.807, 2.05) is 0 Å². The summed E-state index contributed by atoms with van der Waals surface area (Å²) in [5.41, 5.74) is -5.25. The Morgan fingerprint density at radius 2 is 1.30 bits per heavy atom. The molecular weight excluding hydrogens is 1390 g/mol. The Bertz CT molecular complexity index is 3570. The predicted molar refractivity (Wildman–Crippen MR) is 365 cm³/mol. The van der Waals surface area contributed by atoms with Gasteiger partial charge >= 0.3 is 12.4 Å². The highest BCUT2D eigenvalue weighted by Gasteiger charge is 2.54. The van der Waals surface area contributed by atoms with E-state index in [9.17, 15) is 55.1 Å².